The topological polar surface area (TPSA) is 134 Å². The summed E-state index contributed by atoms with van der Waals surface area (Å²) in [4.78, 5) is 34.3. The Balaban J connectivity index is 1.98. The maximum absolute atomic E-state index is 12.0. The lowest BCUT2D eigenvalue weighted by molar-refractivity contribution is -0.384. The highest BCUT2D eigenvalue weighted by molar-refractivity contribution is 5.93. The zero-order chi connectivity index (χ0) is 18.4. The smallest absolute Gasteiger partial charge is 0.338 e. The van der Waals surface area contributed by atoms with Gasteiger partial charge < -0.3 is 15.4 Å². The van der Waals surface area contributed by atoms with Crippen LogP contribution < -0.4 is 10.6 Å². The Hall–Kier alpha value is -3.15. The van der Waals surface area contributed by atoms with Gasteiger partial charge in [-0.3, -0.25) is 14.9 Å². The molecule has 0 aliphatic heterocycles. The van der Waals surface area contributed by atoms with Crippen LogP contribution in [0.25, 0.3) is 0 Å². The number of nitro groups is 1. The lowest BCUT2D eigenvalue weighted by Crippen LogP contribution is -2.46. The molecule has 0 spiro atoms. The molecular formula is C16H18N4O5. The van der Waals surface area contributed by atoms with Gasteiger partial charge in [0.25, 0.3) is 11.6 Å². The van der Waals surface area contributed by atoms with Crippen molar-refractivity contribution in [2.24, 2.45) is 0 Å². The average molecular weight is 346 g/mol. The summed E-state index contributed by atoms with van der Waals surface area (Å²) in [5, 5.41) is 25.5. The van der Waals surface area contributed by atoms with E-state index >= 15 is 0 Å². The summed E-state index contributed by atoms with van der Waals surface area (Å²) in [6, 6.07) is 5.94. The molecule has 132 valence electrons. The third-order valence-electron chi connectivity index (χ3n) is 4.08. The van der Waals surface area contributed by atoms with Gasteiger partial charge in [-0.05, 0) is 37.8 Å². The number of carbonyl (C=O) groups is 2. The van der Waals surface area contributed by atoms with E-state index in [0.717, 1.165) is 18.9 Å². The second-order valence-corrected chi connectivity index (χ2v) is 5.76. The van der Waals surface area contributed by atoms with Crippen LogP contribution in [0.3, 0.4) is 0 Å². The number of hydrogen-bond acceptors (Lipinski definition) is 7. The summed E-state index contributed by atoms with van der Waals surface area (Å²) in [6.45, 7) is -0.552. The quantitative estimate of drug-likeness (QED) is 0.455. The van der Waals surface area contributed by atoms with Crippen LogP contribution in [-0.4, -0.2) is 36.0 Å². The number of amides is 1. The Kier molecular flexibility index (Phi) is 5.54. The van der Waals surface area contributed by atoms with Gasteiger partial charge >= 0.3 is 5.97 Å². The summed E-state index contributed by atoms with van der Waals surface area (Å²) >= 11 is 0. The van der Waals surface area contributed by atoms with E-state index in [-0.39, 0.29) is 16.9 Å². The number of ether oxygens (including phenoxy) is 1. The monoisotopic (exact) mass is 346 g/mol. The largest absolute Gasteiger partial charge is 0.452 e. The highest BCUT2D eigenvalue weighted by Crippen LogP contribution is 2.29. The first-order valence-electron chi connectivity index (χ1n) is 7.76. The predicted octanol–water partition coefficient (Wildman–Crippen LogP) is 1.75. The highest BCUT2D eigenvalue weighted by atomic mass is 16.6. The summed E-state index contributed by atoms with van der Waals surface area (Å²) in [7, 11) is 1.53. The molecule has 0 radical (unpaired) electrons. The number of nitriles is 1. The fourth-order valence-corrected chi connectivity index (χ4v) is 2.78. The number of esters is 1. The second kappa shape index (κ2) is 7.61. The molecular weight excluding hydrogens is 328 g/mol. The maximum Gasteiger partial charge on any atom is 0.338 e. The number of hydrogen-bond donors (Lipinski definition) is 2. The molecule has 1 fully saturated rings. The molecule has 9 heteroatoms. The summed E-state index contributed by atoms with van der Waals surface area (Å²) in [6.07, 6.45) is 2.85. The van der Waals surface area contributed by atoms with Crippen LogP contribution in [0.4, 0.5) is 11.4 Å². The molecule has 9 nitrogen and oxygen atoms in total. The Labute approximate surface area is 144 Å². The van der Waals surface area contributed by atoms with Crippen LogP contribution in [0, 0.1) is 21.4 Å². The van der Waals surface area contributed by atoms with Crippen molar-refractivity contribution in [2.45, 2.75) is 31.2 Å². The molecule has 1 aromatic rings. The maximum atomic E-state index is 12.0. The molecule has 1 aliphatic carbocycles. The zero-order valence-electron chi connectivity index (χ0n) is 13.7. The Morgan fingerprint density at radius 3 is 2.64 bits per heavy atom. The first-order valence-corrected chi connectivity index (χ1v) is 7.76. The molecule has 1 amide bonds. The summed E-state index contributed by atoms with van der Waals surface area (Å²) in [5.74, 6) is -1.42. The number of anilines is 1. The van der Waals surface area contributed by atoms with Gasteiger partial charge in [0, 0.05) is 13.1 Å². The molecule has 0 heterocycles. The molecule has 1 aromatic carbocycles. The average Bonchev–Trinajstić information content (AvgIpc) is 3.07. The van der Waals surface area contributed by atoms with Gasteiger partial charge in [-0.2, -0.15) is 5.26 Å². The van der Waals surface area contributed by atoms with Gasteiger partial charge in [0.1, 0.15) is 11.2 Å². The lowest BCUT2D eigenvalue weighted by Gasteiger charge is -2.21. The van der Waals surface area contributed by atoms with E-state index in [0.29, 0.717) is 12.8 Å². The minimum atomic E-state index is -0.892. The van der Waals surface area contributed by atoms with Crippen molar-refractivity contribution in [3.63, 3.8) is 0 Å². The van der Waals surface area contributed by atoms with Crippen LogP contribution in [0.1, 0.15) is 36.0 Å². The fourth-order valence-electron chi connectivity index (χ4n) is 2.78. The molecule has 2 rings (SSSR count). The molecule has 25 heavy (non-hydrogen) atoms. The first-order chi connectivity index (χ1) is 11.9. The van der Waals surface area contributed by atoms with Crippen LogP contribution >= 0.6 is 0 Å². The molecule has 0 unspecified atom stereocenters. The number of nitrogens with one attached hydrogen (secondary N) is 2. The van der Waals surface area contributed by atoms with Gasteiger partial charge in [0.05, 0.1) is 16.6 Å². The lowest BCUT2D eigenvalue weighted by atomic mass is 10.00. The normalized spacial score (nSPS) is 15.0. The number of rotatable bonds is 6. The van der Waals surface area contributed by atoms with Crippen molar-refractivity contribution in [1.82, 2.24) is 5.32 Å². The SMILES string of the molecule is CNc1ccc(C(=O)OCC(=O)NC2(C#N)CCCC2)cc1[N+](=O)[O-]. The zero-order valence-corrected chi connectivity index (χ0v) is 13.7. The van der Waals surface area contributed by atoms with E-state index in [4.69, 9.17) is 4.74 Å². The van der Waals surface area contributed by atoms with Gasteiger partial charge in [0.15, 0.2) is 6.61 Å². The third-order valence-corrected chi connectivity index (χ3v) is 4.08. The van der Waals surface area contributed by atoms with E-state index < -0.39 is 28.9 Å². The number of benzene rings is 1. The molecule has 2 N–H and O–H groups in total. The minimum Gasteiger partial charge on any atom is -0.452 e. The van der Waals surface area contributed by atoms with E-state index in [1.54, 1.807) is 0 Å². The van der Waals surface area contributed by atoms with Crippen molar-refractivity contribution >= 4 is 23.3 Å². The molecule has 0 aromatic heterocycles. The number of nitrogens with zero attached hydrogens (tertiary/aromatic N) is 2. The Bertz CT molecular complexity index is 735. The van der Waals surface area contributed by atoms with Crippen molar-refractivity contribution in [3.8, 4) is 6.07 Å². The summed E-state index contributed by atoms with van der Waals surface area (Å²) < 4.78 is 4.89. The number of nitro benzene ring substituents is 1. The number of carbonyl (C=O) groups excluding carboxylic acids is 2. The van der Waals surface area contributed by atoms with Crippen LogP contribution in [-0.2, 0) is 9.53 Å². The van der Waals surface area contributed by atoms with Crippen LogP contribution in [0.15, 0.2) is 18.2 Å². The van der Waals surface area contributed by atoms with E-state index in [2.05, 4.69) is 16.7 Å². The third kappa shape index (κ3) is 4.23. The van der Waals surface area contributed by atoms with Gasteiger partial charge in [-0.1, -0.05) is 0 Å². The van der Waals surface area contributed by atoms with Crippen LogP contribution in [0.5, 0.6) is 0 Å². The van der Waals surface area contributed by atoms with Gasteiger partial charge in [0.2, 0.25) is 0 Å². The molecule has 1 aliphatic rings. The van der Waals surface area contributed by atoms with Crippen molar-refractivity contribution in [2.75, 3.05) is 19.0 Å². The van der Waals surface area contributed by atoms with E-state index in [9.17, 15) is 25.0 Å². The molecule has 0 saturated heterocycles. The van der Waals surface area contributed by atoms with Gasteiger partial charge in [-0.25, -0.2) is 4.79 Å². The van der Waals surface area contributed by atoms with E-state index in [1.807, 2.05) is 0 Å². The molecule has 1 saturated carbocycles. The second-order valence-electron chi connectivity index (χ2n) is 5.76. The fraction of sp³-hybridized carbons (Fsp3) is 0.438. The van der Waals surface area contributed by atoms with Crippen molar-refractivity contribution < 1.29 is 19.2 Å². The van der Waals surface area contributed by atoms with Crippen LogP contribution in [0.2, 0.25) is 0 Å². The standard InChI is InChI=1S/C16H18N4O5/c1-18-12-5-4-11(8-13(12)20(23)24)15(22)25-9-14(21)19-16(10-17)6-2-3-7-16/h4-5,8,18H,2-3,6-7,9H2,1H3,(H,19,21). The predicted molar refractivity (Wildman–Crippen MR) is 87.9 cm³/mol. The first kappa shape index (κ1) is 18.2. The Morgan fingerprint density at radius 2 is 2.08 bits per heavy atom. The van der Waals surface area contributed by atoms with Gasteiger partial charge in [-0.15, -0.1) is 0 Å². The summed E-state index contributed by atoms with van der Waals surface area (Å²) in [5.41, 5.74) is -0.932. The minimum absolute atomic E-state index is 0.0330. The van der Waals surface area contributed by atoms with Crippen molar-refractivity contribution in [3.05, 3.63) is 33.9 Å². The van der Waals surface area contributed by atoms with Crippen molar-refractivity contribution in [1.29, 1.82) is 5.26 Å². The molecule has 0 atom stereocenters. The Morgan fingerprint density at radius 1 is 1.40 bits per heavy atom. The highest BCUT2D eigenvalue weighted by Gasteiger charge is 2.35. The molecule has 0 bridgehead atoms. The van der Waals surface area contributed by atoms with E-state index in [1.165, 1.54) is 19.2 Å².